The fraction of sp³-hybridized carbons (Fsp3) is 0.652. The molecule has 0 saturated heterocycles. The third kappa shape index (κ3) is 12.2. The Labute approximate surface area is 209 Å². The molecule has 2 unspecified atom stereocenters. The smallest absolute Gasteiger partial charge is 0.408 e. The SMILES string of the molecule is CC(C)(C)OC(=O)N[C@@H](CCS(=O)CCC(c1ccc(Br)cc1)C(F)(F)F)C(=O)OC(C)(C)C. The van der Waals surface area contributed by atoms with Gasteiger partial charge in [-0.2, -0.15) is 13.2 Å². The van der Waals surface area contributed by atoms with E-state index in [1.54, 1.807) is 41.5 Å². The van der Waals surface area contributed by atoms with Gasteiger partial charge in [-0.3, -0.25) is 4.21 Å². The fourth-order valence-electron chi connectivity index (χ4n) is 2.89. The highest BCUT2D eigenvalue weighted by molar-refractivity contribution is 9.10. The van der Waals surface area contributed by atoms with Crippen molar-refractivity contribution in [2.24, 2.45) is 0 Å². The summed E-state index contributed by atoms with van der Waals surface area (Å²) >= 11 is 3.20. The normalized spacial score (nSPS) is 15.2. The number of carbonyl (C=O) groups is 2. The van der Waals surface area contributed by atoms with Gasteiger partial charge in [-0.1, -0.05) is 28.1 Å². The summed E-state index contributed by atoms with van der Waals surface area (Å²) in [7, 11) is -1.66. The standard InChI is InChI=1S/C23H33BrF3NO5S/c1-21(2,3)32-19(29)18(28-20(30)33-22(4,5)6)12-14-34(31)13-11-17(23(25,26)27)15-7-9-16(24)10-8-15/h7-10,17-18H,11-14H2,1-6H3,(H,28,30)/t17?,18-,34?/m0/s1. The van der Waals surface area contributed by atoms with Crippen molar-refractivity contribution in [1.29, 1.82) is 0 Å². The van der Waals surface area contributed by atoms with Gasteiger partial charge in [0.2, 0.25) is 0 Å². The van der Waals surface area contributed by atoms with Crippen LogP contribution < -0.4 is 5.32 Å². The molecule has 0 fully saturated rings. The van der Waals surface area contributed by atoms with Crippen LogP contribution in [0.4, 0.5) is 18.0 Å². The van der Waals surface area contributed by atoms with Gasteiger partial charge in [0.1, 0.15) is 17.2 Å². The molecule has 34 heavy (non-hydrogen) atoms. The summed E-state index contributed by atoms with van der Waals surface area (Å²) < 4.78 is 64.4. The van der Waals surface area contributed by atoms with Gasteiger partial charge in [0.15, 0.2) is 0 Å². The summed E-state index contributed by atoms with van der Waals surface area (Å²) in [4.78, 5) is 24.7. The predicted octanol–water partition coefficient (Wildman–Crippen LogP) is 5.86. The van der Waals surface area contributed by atoms with Crippen molar-refractivity contribution in [1.82, 2.24) is 5.32 Å². The van der Waals surface area contributed by atoms with Gasteiger partial charge in [-0.25, -0.2) is 9.59 Å². The summed E-state index contributed by atoms with van der Waals surface area (Å²) in [5.74, 6) is -2.80. The molecule has 194 valence electrons. The number of alkyl carbamates (subject to hydrolysis) is 1. The summed E-state index contributed by atoms with van der Waals surface area (Å²) in [5.41, 5.74) is -1.54. The molecule has 6 nitrogen and oxygen atoms in total. The predicted molar refractivity (Wildman–Crippen MR) is 129 cm³/mol. The first kappa shape index (κ1) is 30.4. The van der Waals surface area contributed by atoms with Gasteiger partial charge in [-0.15, -0.1) is 0 Å². The minimum Gasteiger partial charge on any atom is -0.458 e. The van der Waals surface area contributed by atoms with Crippen LogP contribution in [0.2, 0.25) is 0 Å². The lowest BCUT2D eigenvalue weighted by Crippen LogP contribution is -2.46. The maximum Gasteiger partial charge on any atom is 0.408 e. The number of amides is 1. The van der Waals surface area contributed by atoms with Gasteiger partial charge in [0, 0.05) is 26.8 Å². The number of carbonyl (C=O) groups excluding carboxylic acids is 2. The van der Waals surface area contributed by atoms with Crippen LogP contribution in [-0.4, -0.2) is 51.2 Å². The van der Waals surface area contributed by atoms with Crippen molar-refractivity contribution in [3.63, 3.8) is 0 Å². The molecule has 0 radical (unpaired) electrons. The molecule has 0 bridgehead atoms. The third-order valence-electron chi connectivity index (χ3n) is 4.32. The average molecular weight is 572 g/mol. The topological polar surface area (TPSA) is 81.7 Å². The molecular formula is C23H33BrF3NO5S. The Hall–Kier alpha value is -1.62. The number of hydrogen-bond donors (Lipinski definition) is 1. The van der Waals surface area contributed by atoms with E-state index in [2.05, 4.69) is 21.2 Å². The molecule has 1 amide bonds. The largest absolute Gasteiger partial charge is 0.458 e. The molecule has 0 heterocycles. The summed E-state index contributed by atoms with van der Waals surface area (Å²) in [6, 6.07) is 4.67. The molecular weight excluding hydrogens is 539 g/mol. The average Bonchev–Trinajstić information content (AvgIpc) is 2.62. The zero-order valence-corrected chi connectivity index (χ0v) is 22.7. The molecule has 0 spiro atoms. The molecule has 1 rings (SSSR count). The van der Waals surface area contributed by atoms with Crippen molar-refractivity contribution in [3.8, 4) is 0 Å². The molecule has 0 aliphatic heterocycles. The van der Waals surface area contributed by atoms with E-state index in [9.17, 15) is 27.0 Å². The molecule has 0 aliphatic rings. The molecule has 1 aromatic rings. The molecule has 0 saturated carbocycles. The van der Waals surface area contributed by atoms with Crippen molar-refractivity contribution in [3.05, 3.63) is 34.3 Å². The number of alkyl halides is 3. The Balaban J connectivity index is 2.81. The Morgan fingerprint density at radius 1 is 0.941 bits per heavy atom. The summed E-state index contributed by atoms with van der Waals surface area (Å²) in [5, 5.41) is 2.42. The molecule has 1 N–H and O–H groups in total. The van der Waals surface area contributed by atoms with E-state index in [1.807, 2.05) is 0 Å². The Morgan fingerprint density at radius 3 is 1.91 bits per heavy atom. The lowest BCUT2D eigenvalue weighted by molar-refractivity contribution is -0.157. The van der Waals surface area contributed by atoms with E-state index in [0.717, 1.165) is 0 Å². The lowest BCUT2D eigenvalue weighted by Gasteiger charge is -2.26. The maximum absolute atomic E-state index is 13.6. The molecule has 3 atom stereocenters. The highest BCUT2D eigenvalue weighted by atomic mass is 79.9. The second-order valence-electron chi connectivity index (χ2n) is 9.80. The zero-order chi connectivity index (χ0) is 26.3. The van der Waals surface area contributed by atoms with Gasteiger partial charge in [-0.05, 0) is 72.1 Å². The van der Waals surface area contributed by atoms with Gasteiger partial charge in [0.05, 0.1) is 5.92 Å². The molecule has 0 aliphatic carbocycles. The van der Waals surface area contributed by atoms with E-state index in [4.69, 9.17) is 9.47 Å². The first-order valence-electron chi connectivity index (χ1n) is 10.8. The van der Waals surface area contributed by atoms with Crippen LogP contribution in [0.15, 0.2) is 28.7 Å². The first-order valence-corrected chi connectivity index (χ1v) is 13.0. The van der Waals surface area contributed by atoms with E-state index in [0.29, 0.717) is 4.47 Å². The van der Waals surface area contributed by atoms with Crippen LogP contribution in [0.5, 0.6) is 0 Å². The number of benzene rings is 1. The van der Waals surface area contributed by atoms with Crippen LogP contribution in [0, 0.1) is 0 Å². The van der Waals surface area contributed by atoms with Gasteiger partial charge < -0.3 is 14.8 Å². The zero-order valence-electron chi connectivity index (χ0n) is 20.3. The Bertz CT molecular complexity index is 848. The van der Waals surface area contributed by atoms with Crippen molar-refractivity contribution in [2.45, 2.75) is 83.7 Å². The van der Waals surface area contributed by atoms with Crippen LogP contribution in [0.3, 0.4) is 0 Å². The van der Waals surface area contributed by atoms with Crippen LogP contribution in [-0.2, 0) is 25.1 Å². The number of halogens is 4. The minimum absolute atomic E-state index is 0.0737. The minimum atomic E-state index is -4.49. The molecule has 1 aromatic carbocycles. The number of ether oxygens (including phenoxy) is 2. The quantitative estimate of drug-likeness (QED) is 0.375. The van der Waals surface area contributed by atoms with Crippen molar-refractivity contribution in [2.75, 3.05) is 11.5 Å². The number of hydrogen-bond acceptors (Lipinski definition) is 5. The van der Waals surface area contributed by atoms with Crippen molar-refractivity contribution >= 4 is 38.8 Å². The first-order chi connectivity index (χ1) is 15.4. The third-order valence-corrected chi connectivity index (χ3v) is 6.23. The van der Waals surface area contributed by atoms with Crippen molar-refractivity contribution < 1.29 is 36.4 Å². The van der Waals surface area contributed by atoms with Crippen LogP contribution in [0.1, 0.15) is 65.9 Å². The van der Waals surface area contributed by atoms with E-state index in [1.165, 1.54) is 24.3 Å². The van der Waals surface area contributed by atoms with Gasteiger partial charge >= 0.3 is 18.2 Å². The lowest BCUT2D eigenvalue weighted by atomic mass is 9.96. The molecule has 11 heteroatoms. The van der Waals surface area contributed by atoms with E-state index < -0.39 is 52.2 Å². The highest BCUT2D eigenvalue weighted by Gasteiger charge is 2.40. The van der Waals surface area contributed by atoms with E-state index in [-0.39, 0.29) is 29.9 Å². The number of nitrogens with one attached hydrogen (secondary N) is 1. The van der Waals surface area contributed by atoms with Gasteiger partial charge in [0.25, 0.3) is 0 Å². The van der Waals surface area contributed by atoms with Crippen LogP contribution in [0.25, 0.3) is 0 Å². The monoisotopic (exact) mass is 571 g/mol. The van der Waals surface area contributed by atoms with E-state index >= 15 is 0 Å². The maximum atomic E-state index is 13.6. The second kappa shape index (κ2) is 12.4. The summed E-state index contributed by atoms with van der Waals surface area (Å²) in [6.45, 7) is 9.96. The molecule has 0 aromatic heterocycles. The highest BCUT2D eigenvalue weighted by Crippen LogP contribution is 2.38. The van der Waals surface area contributed by atoms with Crippen LogP contribution >= 0.6 is 15.9 Å². The number of rotatable bonds is 9. The summed E-state index contributed by atoms with van der Waals surface area (Å²) in [6.07, 6.45) is -5.78. The fourth-order valence-corrected chi connectivity index (χ4v) is 4.35. The number of esters is 1. The Kier molecular flexibility index (Phi) is 11.1. The Morgan fingerprint density at radius 2 is 1.44 bits per heavy atom. The second-order valence-corrected chi connectivity index (χ2v) is 12.4.